The Morgan fingerprint density at radius 1 is 1.24 bits per heavy atom. The highest BCUT2D eigenvalue weighted by atomic mass is 15.1. The molecule has 2 aromatic heterocycles. The number of hydrogen-bond donors (Lipinski definition) is 1. The van der Waals surface area contributed by atoms with Crippen LogP contribution in [0.2, 0.25) is 0 Å². The van der Waals surface area contributed by atoms with Gasteiger partial charge in [-0.1, -0.05) is 12.1 Å². The van der Waals surface area contributed by atoms with Crippen molar-refractivity contribution in [3.8, 4) is 0 Å². The maximum atomic E-state index is 5.76. The summed E-state index contributed by atoms with van der Waals surface area (Å²) < 4.78 is 2.26. The van der Waals surface area contributed by atoms with Gasteiger partial charge in [0.2, 0.25) is 0 Å². The molecule has 2 N–H and O–H groups in total. The van der Waals surface area contributed by atoms with Gasteiger partial charge in [0.05, 0.1) is 6.54 Å². The Bertz CT molecular complexity index is 798. The summed E-state index contributed by atoms with van der Waals surface area (Å²) in [6.45, 7) is 2.86. The number of aromatic nitrogens is 3. The van der Waals surface area contributed by atoms with Crippen LogP contribution in [0.15, 0.2) is 36.5 Å². The summed E-state index contributed by atoms with van der Waals surface area (Å²) in [5.74, 6) is 1.79. The summed E-state index contributed by atoms with van der Waals surface area (Å²) in [5.41, 5.74) is 10.9. The lowest BCUT2D eigenvalue weighted by molar-refractivity contribution is 0.740. The SMILES string of the molecule is Cc1cnc2c(c1)nc(C1CC1)n2Cc1ccc(N)cc1. The quantitative estimate of drug-likeness (QED) is 0.748. The van der Waals surface area contributed by atoms with Gasteiger partial charge in [-0.3, -0.25) is 0 Å². The molecule has 0 unspecified atom stereocenters. The van der Waals surface area contributed by atoms with E-state index in [0.29, 0.717) is 5.92 Å². The van der Waals surface area contributed by atoms with E-state index in [4.69, 9.17) is 10.7 Å². The fourth-order valence-corrected chi connectivity index (χ4v) is 2.74. The van der Waals surface area contributed by atoms with E-state index in [9.17, 15) is 0 Å². The zero-order chi connectivity index (χ0) is 14.4. The third-order valence-electron chi connectivity index (χ3n) is 4.01. The molecule has 2 heterocycles. The first kappa shape index (κ1) is 12.4. The Labute approximate surface area is 123 Å². The Morgan fingerprint density at radius 2 is 2.00 bits per heavy atom. The highest BCUT2D eigenvalue weighted by molar-refractivity contribution is 5.72. The van der Waals surface area contributed by atoms with E-state index in [-0.39, 0.29) is 0 Å². The molecule has 1 aliphatic rings. The highest BCUT2D eigenvalue weighted by Crippen LogP contribution is 2.40. The lowest BCUT2D eigenvalue weighted by atomic mass is 10.2. The van der Waals surface area contributed by atoms with E-state index < -0.39 is 0 Å². The van der Waals surface area contributed by atoms with Gasteiger partial charge >= 0.3 is 0 Å². The van der Waals surface area contributed by atoms with Gasteiger partial charge in [0.1, 0.15) is 11.3 Å². The third kappa shape index (κ3) is 2.27. The van der Waals surface area contributed by atoms with Crippen LogP contribution in [0, 0.1) is 6.92 Å². The molecule has 1 saturated carbocycles. The predicted octanol–water partition coefficient (Wildman–Crippen LogP) is 3.25. The Morgan fingerprint density at radius 3 is 2.71 bits per heavy atom. The number of nitrogen functional groups attached to an aromatic ring is 1. The van der Waals surface area contributed by atoms with Crippen molar-refractivity contribution in [3.63, 3.8) is 0 Å². The van der Waals surface area contributed by atoms with Crippen LogP contribution < -0.4 is 5.73 Å². The van der Waals surface area contributed by atoms with Gasteiger partial charge in [-0.2, -0.15) is 0 Å². The second-order valence-corrected chi connectivity index (χ2v) is 5.93. The van der Waals surface area contributed by atoms with E-state index in [1.807, 2.05) is 18.3 Å². The molecule has 1 fully saturated rings. The molecule has 106 valence electrons. The van der Waals surface area contributed by atoms with Crippen LogP contribution in [0.25, 0.3) is 11.2 Å². The Hall–Kier alpha value is -2.36. The molecule has 0 atom stereocenters. The number of benzene rings is 1. The molecule has 0 spiro atoms. The van der Waals surface area contributed by atoms with Crippen LogP contribution in [-0.2, 0) is 6.54 Å². The average Bonchev–Trinajstić information content (AvgIpc) is 3.25. The molecule has 4 nitrogen and oxygen atoms in total. The maximum absolute atomic E-state index is 5.76. The third-order valence-corrected chi connectivity index (χ3v) is 4.01. The first-order chi connectivity index (χ1) is 10.2. The van der Waals surface area contributed by atoms with Crippen LogP contribution in [0.4, 0.5) is 5.69 Å². The molecule has 4 rings (SSSR count). The molecular weight excluding hydrogens is 260 g/mol. The summed E-state index contributed by atoms with van der Waals surface area (Å²) in [7, 11) is 0. The summed E-state index contributed by atoms with van der Waals surface area (Å²) in [5, 5.41) is 0. The molecule has 1 aromatic carbocycles. The van der Waals surface area contributed by atoms with E-state index in [0.717, 1.165) is 29.0 Å². The average molecular weight is 278 g/mol. The van der Waals surface area contributed by atoms with Crippen LogP contribution in [0.3, 0.4) is 0 Å². The number of nitrogens with two attached hydrogens (primary N) is 1. The smallest absolute Gasteiger partial charge is 0.160 e. The Balaban J connectivity index is 1.81. The van der Waals surface area contributed by atoms with Crippen molar-refractivity contribution in [1.82, 2.24) is 14.5 Å². The van der Waals surface area contributed by atoms with E-state index in [1.54, 1.807) is 0 Å². The van der Waals surface area contributed by atoms with E-state index in [2.05, 4.69) is 34.7 Å². The molecule has 3 aromatic rings. The standard InChI is InChI=1S/C17H18N4/c1-11-8-15-17(19-9-11)21(16(20-15)13-4-5-13)10-12-2-6-14(18)7-3-12/h2-3,6-9,13H,4-5,10,18H2,1H3. The van der Waals surface area contributed by atoms with Crippen molar-refractivity contribution in [2.75, 3.05) is 5.73 Å². The van der Waals surface area contributed by atoms with Crippen molar-refractivity contribution in [2.24, 2.45) is 0 Å². The highest BCUT2D eigenvalue weighted by Gasteiger charge is 2.29. The monoisotopic (exact) mass is 278 g/mol. The van der Waals surface area contributed by atoms with E-state index in [1.165, 1.54) is 24.2 Å². The van der Waals surface area contributed by atoms with Crippen molar-refractivity contribution in [2.45, 2.75) is 32.2 Å². The number of imidazole rings is 1. The summed E-state index contributed by atoms with van der Waals surface area (Å²) in [6.07, 6.45) is 4.40. The summed E-state index contributed by atoms with van der Waals surface area (Å²) in [6, 6.07) is 10.2. The number of aryl methyl sites for hydroxylation is 1. The minimum atomic E-state index is 0.605. The summed E-state index contributed by atoms with van der Waals surface area (Å²) in [4.78, 5) is 9.43. The number of hydrogen-bond acceptors (Lipinski definition) is 3. The zero-order valence-electron chi connectivity index (χ0n) is 12.1. The lowest BCUT2D eigenvalue weighted by Gasteiger charge is -2.08. The molecule has 0 bridgehead atoms. The minimum absolute atomic E-state index is 0.605. The van der Waals surface area contributed by atoms with Gasteiger partial charge in [0, 0.05) is 17.8 Å². The minimum Gasteiger partial charge on any atom is -0.399 e. The van der Waals surface area contributed by atoms with Gasteiger partial charge in [-0.25, -0.2) is 9.97 Å². The van der Waals surface area contributed by atoms with Crippen LogP contribution in [0.1, 0.15) is 35.7 Å². The molecule has 21 heavy (non-hydrogen) atoms. The van der Waals surface area contributed by atoms with Crippen LogP contribution in [-0.4, -0.2) is 14.5 Å². The van der Waals surface area contributed by atoms with Gasteiger partial charge in [-0.15, -0.1) is 0 Å². The van der Waals surface area contributed by atoms with Crippen LogP contribution >= 0.6 is 0 Å². The molecular formula is C17H18N4. The van der Waals surface area contributed by atoms with Gasteiger partial charge in [0.25, 0.3) is 0 Å². The molecule has 1 aliphatic carbocycles. The second-order valence-electron chi connectivity index (χ2n) is 5.93. The largest absolute Gasteiger partial charge is 0.399 e. The molecule has 0 saturated heterocycles. The number of fused-ring (bicyclic) bond motifs is 1. The zero-order valence-corrected chi connectivity index (χ0v) is 12.1. The summed E-state index contributed by atoms with van der Waals surface area (Å²) >= 11 is 0. The first-order valence-corrected chi connectivity index (χ1v) is 7.38. The van der Waals surface area contributed by atoms with Gasteiger partial charge < -0.3 is 10.3 Å². The normalized spacial score (nSPS) is 14.7. The predicted molar refractivity (Wildman–Crippen MR) is 84.2 cm³/mol. The topological polar surface area (TPSA) is 56.7 Å². The van der Waals surface area contributed by atoms with Crippen LogP contribution in [0.5, 0.6) is 0 Å². The van der Waals surface area contributed by atoms with Gasteiger partial charge in [-0.05, 0) is 49.1 Å². The fourth-order valence-electron chi connectivity index (χ4n) is 2.74. The van der Waals surface area contributed by atoms with Crippen molar-refractivity contribution < 1.29 is 0 Å². The lowest BCUT2D eigenvalue weighted by Crippen LogP contribution is -2.05. The molecule has 0 radical (unpaired) electrons. The van der Waals surface area contributed by atoms with E-state index >= 15 is 0 Å². The fraction of sp³-hybridized carbons (Fsp3) is 0.294. The molecule has 4 heteroatoms. The molecule has 0 amide bonds. The Kier molecular flexibility index (Phi) is 2.70. The second kappa shape index (κ2) is 4.58. The number of pyridine rings is 1. The van der Waals surface area contributed by atoms with Crippen molar-refractivity contribution >= 4 is 16.9 Å². The van der Waals surface area contributed by atoms with Gasteiger partial charge in [0.15, 0.2) is 5.65 Å². The first-order valence-electron chi connectivity index (χ1n) is 7.38. The number of rotatable bonds is 3. The van der Waals surface area contributed by atoms with Crippen molar-refractivity contribution in [3.05, 3.63) is 53.5 Å². The number of anilines is 1. The number of nitrogens with zero attached hydrogens (tertiary/aromatic N) is 3. The maximum Gasteiger partial charge on any atom is 0.160 e. The molecule has 0 aliphatic heterocycles. The van der Waals surface area contributed by atoms with Crippen molar-refractivity contribution in [1.29, 1.82) is 0 Å².